The van der Waals surface area contributed by atoms with Crippen molar-refractivity contribution in [2.45, 2.75) is 25.2 Å². The lowest BCUT2D eigenvalue weighted by molar-refractivity contribution is -0.151. The zero-order chi connectivity index (χ0) is 28.5. The smallest absolute Gasteiger partial charge is 0.416 e. The van der Waals surface area contributed by atoms with E-state index in [1.807, 2.05) is 42.5 Å². The van der Waals surface area contributed by atoms with Crippen molar-refractivity contribution in [3.63, 3.8) is 0 Å². The van der Waals surface area contributed by atoms with Gasteiger partial charge in [0.15, 0.2) is 0 Å². The maximum Gasteiger partial charge on any atom is 0.416 e. The fourth-order valence-electron chi connectivity index (χ4n) is 4.37. The molecule has 0 saturated carbocycles. The summed E-state index contributed by atoms with van der Waals surface area (Å²) in [6.45, 7) is 2.77. The maximum absolute atomic E-state index is 13.5. The molecular weight excluding hydrogens is 523 g/mol. The van der Waals surface area contributed by atoms with Crippen LogP contribution in [0.1, 0.15) is 22.3 Å². The molecule has 1 fully saturated rings. The predicted molar refractivity (Wildman–Crippen MR) is 144 cm³/mol. The second kappa shape index (κ2) is 13.3. The zero-order valence-corrected chi connectivity index (χ0v) is 22.0. The first-order valence-electron chi connectivity index (χ1n) is 12.8. The van der Waals surface area contributed by atoms with Crippen LogP contribution in [0.15, 0.2) is 79.0 Å². The number of amides is 1. The molecule has 2 aromatic carbocycles. The third-order valence-corrected chi connectivity index (χ3v) is 6.56. The Kier molecular flexibility index (Phi) is 9.55. The number of carbonyl (C=O) groups is 2. The van der Waals surface area contributed by atoms with Crippen LogP contribution in [-0.4, -0.2) is 61.2 Å². The summed E-state index contributed by atoms with van der Waals surface area (Å²) in [6, 6.07) is 16.5. The van der Waals surface area contributed by atoms with Gasteiger partial charge in [-0.05, 0) is 41.0 Å². The Morgan fingerprint density at radius 2 is 1.73 bits per heavy atom. The lowest BCUT2D eigenvalue weighted by Gasteiger charge is -2.30. The highest BCUT2D eigenvalue weighted by Gasteiger charge is 2.31. The highest BCUT2D eigenvalue weighted by atomic mass is 19.4. The normalized spacial score (nSPS) is 14.7. The topological polar surface area (TPSA) is 72.0 Å². The molecule has 10 heteroatoms. The molecular formula is C30H30F3N3O4. The molecule has 4 rings (SSSR count). The standard InChI is InChI=1S/C30H30F3N3O4/c1-39-29(38)26(19-23-5-3-2-4-6-23)36(21-24-9-13-27(34-20-24)35-15-17-40-18-16-35)28(37)14-10-22-7-11-25(12-8-22)30(31,32)33/h2-14,20,26H,15-19,21H2,1H3/t26-/m0/s1. The Balaban J connectivity index is 1.59. The largest absolute Gasteiger partial charge is 0.467 e. The molecule has 1 amide bonds. The van der Waals surface area contributed by atoms with E-state index in [1.54, 1.807) is 6.20 Å². The number of halogens is 3. The van der Waals surface area contributed by atoms with E-state index in [-0.39, 0.29) is 13.0 Å². The third kappa shape index (κ3) is 7.69. The van der Waals surface area contributed by atoms with Gasteiger partial charge >= 0.3 is 12.1 Å². The molecule has 0 unspecified atom stereocenters. The number of rotatable bonds is 9. The minimum absolute atomic E-state index is 0.0686. The number of methoxy groups -OCH3 is 1. The fourth-order valence-corrected chi connectivity index (χ4v) is 4.37. The lowest BCUT2D eigenvalue weighted by Crippen LogP contribution is -2.46. The molecule has 0 aliphatic carbocycles. The van der Waals surface area contributed by atoms with Gasteiger partial charge in [-0.1, -0.05) is 48.5 Å². The Morgan fingerprint density at radius 1 is 1.02 bits per heavy atom. The van der Waals surface area contributed by atoms with Crippen LogP contribution in [0.4, 0.5) is 19.0 Å². The lowest BCUT2D eigenvalue weighted by atomic mass is 10.0. The van der Waals surface area contributed by atoms with Crippen molar-refractivity contribution in [2.24, 2.45) is 0 Å². The number of nitrogens with zero attached hydrogens (tertiary/aromatic N) is 3. The number of hydrogen-bond donors (Lipinski definition) is 0. The minimum Gasteiger partial charge on any atom is -0.467 e. The summed E-state index contributed by atoms with van der Waals surface area (Å²) in [4.78, 5) is 34.5. The van der Waals surface area contributed by atoms with Crippen molar-refractivity contribution in [3.8, 4) is 0 Å². The van der Waals surface area contributed by atoms with Crippen LogP contribution in [0.25, 0.3) is 6.08 Å². The molecule has 7 nitrogen and oxygen atoms in total. The van der Waals surface area contributed by atoms with E-state index in [9.17, 15) is 22.8 Å². The van der Waals surface area contributed by atoms with E-state index < -0.39 is 29.7 Å². The highest BCUT2D eigenvalue weighted by Crippen LogP contribution is 2.29. The van der Waals surface area contributed by atoms with Crippen LogP contribution in [0, 0.1) is 0 Å². The van der Waals surface area contributed by atoms with E-state index >= 15 is 0 Å². The number of esters is 1. The molecule has 3 aromatic rings. The summed E-state index contributed by atoms with van der Waals surface area (Å²) in [5.74, 6) is -0.289. The summed E-state index contributed by atoms with van der Waals surface area (Å²) in [7, 11) is 1.26. The first kappa shape index (κ1) is 28.8. The van der Waals surface area contributed by atoms with Crippen molar-refractivity contribution in [1.82, 2.24) is 9.88 Å². The van der Waals surface area contributed by atoms with E-state index in [4.69, 9.17) is 9.47 Å². The molecule has 1 aliphatic rings. The molecule has 210 valence electrons. The van der Waals surface area contributed by atoms with Crippen molar-refractivity contribution < 1.29 is 32.2 Å². The monoisotopic (exact) mass is 553 g/mol. The van der Waals surface area contributed by atoms with Gasteiger partial charge < -0.3 is 19.3 Å². The number of ether oxygens (including phenoxy) is 2. The van der Waals surface area contributed by atoms with Gasteiger partial charge in [-0.2, -0.15) is 13.2 Å². The third-order valence-electron chi connectivity index (χ3n) is 6.56. The fraction of sp³-hybridized carbons (Fsp3) is 0.300. The van der Waals surface area contributed by atoms with E-state index in [0.29, 0.717) is 24.3 Å². The van der Waals surface area contributed by atoms with Gasteiger partial charge in [0, 0.05) is 38.3 Å². The van der Waals surface area contributed by atoms with Crippen LogP contribution < -0.4 is 4.90 Å². The molecule has 40 heavy (non-hydrogen) atoms. The van der Waals surface area contributed by atoms with Gasteiger partial charge in [0.05, 0.1) is 25.9 Å². The van der Waals surface area contributed by atoms with Crippen LogP contribution in [0.5, 0.6) is 0 Å². The van der Waals surface area contributed by atoms with Crippen molar-refractivity contribution in [3.05, 3.63) is 101 Å². The molecule has 1 atom stereocenters. The number of anilines is 1. The molecule has 1 saturated heterocycles. The van der Waals surface area contributed by atoms with Gasteiger partial charge in [-0.15, -0.1) is 0 Å². The van der Waals surface area contributed by atoms with Crippen LogP contribution in [-0.2, 0) is 38.2 Å². The quantitative estimate of drug-likeness (QED) is 0.281. The number of benzene rings is 2. The number of alkyl halides is 3. The molecule has 0 N–H and O–H groups in total. The number of pyridine rings is 1. The molecule has 0 bridgehead atoms. The summed E-state index contributed by atoms with van der Waals surface area (Å²) in [5.41, 5.74) is 1.17. The summed E-state index contributed by atoms with van der Waals surface area (Å²) >= 11 is 0. The summed E-state index contributed by atoms with van der Waals surface area (Å²) < 4.78 is 49.2. The van der Waals surface area contributed by atoms with Crippen LogP contribution in [0.3, 0.4) is 0 Å². The van der Waals surface area contributed by atoms with Gasteiger partial charge in [-0.25, -0.2) is 9.78 Å². The van der Waals surface area contributed by atoms with Crippen molar-refractivity contribution >= 4 is 23.8 Å². The van der Waals surface area contributed by atoms with Gasteiger partial charge in [0.2, 0.25) is 5.91 Å². The number of aromatic nitrogens is 1. The number of carbonyl (C=O) groups excluding carboxylic acids is 2. The number of hydrogen-bond acceptors (Lipinski definition) is 6. The van der Waals surface area contributed by atoms with Gasteiger partial charge in [0.1, 0.15) is 11.9 Å². The SMILES string of the molecule is COC(=O)[C@H](Cc1ccccc1)N(Cc1ccc(N2CCOCC2)nc1)C(=O)C=Cc1ccc(C(F)(F)F)cc1. The Hall–Kier alpha value is -4.18. The van der Waals surface area contributed by atoms with Gasteiger partial charge in [-0.3, -0.25) is 4.79 Å². The van der Waals surface area contributed by atoms with Crippen LogP contribution >= 0.6 is 0 Å². The molecule has 1 aromatic heterocycles. The van der Waals surface area contributed by atoms with Crippen LogP contribution in [0.2, 0.25) is 0 Å². The Labute approximate surface area is 230 Å². The average molecular weight is 554 g/mol. The first-order valence-corrected chi connectivity index (χ1v) is 12.8. The van der Waals surface area contributed by atoms with E-state index in [0.717, 1.165) is 36.6 Å². The first-order chi connectivity index (χ1) is 19.2. The summed E-state index contributed by atoms with van der Waals surface area (Å²) in [6.07, 6.45) is 0.102. The van der Waals surface area contributed by atoms with E-state index in [2.05, 4.69) is 9.88 Å². The molecule has 1 aliphatic heterocycles. The summed E-state index contributed by atoms with van der Waals surface area (Å²) in [5, 5.41) is 0. The average Bonchev–Trinajstić information content (AvgIpc) is 2.98. The Morgan fingerprint density at radius 3 is 2.33 bits per heavy atom. The van der Waals surface area contributed by atoms with Gasteiger partial charge in [0.25, 0.3) is 0 Å². The molecule has 0 spiro atoms. The predicted octanol–water partition coefficient (Wildman–Crippen LogP) is 4.76. The number of morpholine rings is 1. The second-order valence-corrected chi connectivity index (χ2v) is 9.27. The van der Waals surface area contributed by atoms with Crippen molar-refractivity contribution in [1.29, 1.82) is 0 Å². The molecule has 2 heterocycles. The maximum atomic E-state index is 13.5. The highest BCUT2D eigenvalue weighted by molar-refractivity contribution is 5.94. The zero-order valence-electron chi connectivity index (χ0n) is 22.0. The van der Waals surface area contributed by atoms with Crippen molar-refractivity contribution in [2.75, 3.05) is 38.3 Å². The minimum atomic E-state index is -4.45. The second-order valence-electron chi connectivity index (χ2n) is 9.27. The molecule has 0 radical (unpaired) electrons. The van der Waals surface area contributed by atoms with E-state index in [1.165, 1.54) is 36.3 Å². The Bertz CT molecular complexity index is 1290.